The number of nitrogens with zero attached hydrogens (tertiary/aromatic N) is 2. The van der Waals surface area contributed by atoms with E-state index in [4.69, 9.17) is 16.3 Å². The lowest BCUT2D eigenvalue weighted by Gasteiger charge is -2.33. The lowest BCUT2D eigenvalue weighted by atomic mass is 9.96. The Balaban J connectivity index is 1.39. The van der Waals surface area contributed by atoms with Crippen molar-refractivity contribution in [2.24, 2.45) is 5.92 Å². The van der Waals surface area contributed by atoms with Gasteiger partial charge in [0.05, 0.1) is 11.6 Å². The fraction of sp³-hybridized carbons (Fsp3) is 0.333. The van der Waals surface area contributed by atoms with Crippen molar-refractivity contribution < 1.29 is 13.9 Å². The van der Waals surface area contributed by atoms with Crippen LogP contribution in [-0.4, -0.2) is 48.2 Å². The van der Waals surface area contributed by atoms with Crippen molar-refractivity contribution >= 4 is 34.5 Å². The van der Waals surface area contributed by atoms with Crippen molar-refractivity contribution in [3.05, 3.63) is 52.5 Å². The fourth-order valence-electron chi connectivity index (χ4n) is 4.14. The average molecular weight is 472 g/mol. The summed E-state index contributed by atoms with van der Waals surface area (Å²) in [6.45, 7) is 3.94. The number of thiophene rings is 1. The zero-order valence-corrected chi connectivity index (χ0v) is 19.2. The van der Waals surface area contributed by atoms with Gasteiger partial charge in [0.15, 0.2) is 0 Å². The van der Waals surface area contributed by atoms with Crippen LogP contribution >= 0.6 is 22.9 Å². The predicted octanol–water partition coefficient (Wildman–Crippen LogP) is 5.75. The van der Waals surface area contributed by atoms with Gasteiger partial charge in [-0.3, -0.25) is 4.79 Å². The Kier molecular flexibility index (Phi) is 5.78. The number of carbonyl (C=O) groups is 1. The van der Waals surface area contributed by atoms with Gasteiger partial charge in [0, 0.05) is 40.9 Å². The molecule has 0 unspecified atom stereocenters. The number of fused-ring (bicyclic) bond motifs is 1. The van der Waals surface area contributed by atoms with E-state index in [0.29, 0.717) is 36.0 Å². The monoisotopic (exact) mass is 471 g/mol. The summed E-state index contributed by atoms with van der Waals surface area (Å²) in [5.41, 5.74) is 4.33. The molecule has 1 N–H and O–H groups in total. The van der Waals surface area contributed by atoms with E-state index in [0.717, 1.165) is 33.8 Å². The highest BCUT2D eigenvalue weighted by atomic mass is 35.5. The van der Waals surface area contributed by atoms with Gasteiger partial charge in [-0.25, -0.2) is 9.37 Å². The number of carbonyl (C=O) groups excluding carboxylic acids is 1. The van der Waals surface area contributed by atoms with E-state index in [1.54, 1.807) is 34.6 Å². The van der Waals surface area contributed by atoms with Crippen LogP contribution in [0.1, 0.15) is 23.7 Å². The van der Waals surface area contributed by atoms with Gasteiger partial charge in [-0.2, -0.15) is 0 Å². The number of nitrogens with one attached hydrogen (secondary N) is 1. The Morgan fingerprint density at radius 2 is 2.19 bits per heavy atom. The molecule has 1 saturated heterocycles. The molecule has 32 heavy (non-hydrogen) atoms. The predicted molar refractivity (Wildman–Crippen MR) is 127 cm³/mol. The highest BCUT2D eigenvalue weighted by Crippen LogP contribution is 2.41. The molecule has 5 rings (SSSR count). The third kappa shape index (κ3) is 3.95. The first-order valence-electron chi connectivity index (χ1n) is 10.7. The molecule has 2 aliphatic rings. The number of likely N-dealkylation sites (tertiary alicyclic amines) is 1. The molecule has 0 radical (unpaired) electrons. The number of piperidine rings is 1. The topological polar surface area (TPSA) is 54.5 Å². The molecule has 2 aliphatic heterocycles. The molecular formula is C24H23ClFN3O2S. The molecule has 166 valence electrons. The molecule has 8 heteroatoms. The summed E-state index contributed by atoms with van der Waals surface area (Å²) in [4.78, 5) is 19.7. The van der Waals surface area contributed by atoms with E-state index < -0.39 is 6.17 Å². The van der Waals surface area contributed by atoms with Crippen molar-refractivity contribution in [1.82, 2.24) is 9.88 Å². The zero-order chi connectivity index (χ0) is 22.2. The molecule has 2 atom stereocenters. The molecule has 0 bridgehead atoms. The number of ether oxygens (including phenoxy) is 1. The lowest BCUT2D eigenvalue weighted by Crippen LogP contribution is -2.44. The standard InChI is InChI=1S/C24H23ClFN3O2S/c1-14-5-8-29(12-20(14)26)24(30)15-2-3-18(19(25)10-15)21-11-16(13-32-21)17-4-6-28-23-22(17)27-7-9-31-23/h2-4,6,10-11,13-14,20,27H,5,7-9,12H2,1H3/t14-,20-/m1/s1. The van der Waals surface area contributed by atoms with Gasteiger partial charge in [-0.05, 0) is 47.5 Å². The van der Waals surface area contributed by atoms with Gasteiger partial charge in [-0.15, -0.1) is 11.3 Å². The third-order valence-electron chi connectivity index (χ3n) is 6.10. The van der Waals surface area contributed by atoms with Crippen LogP contribution in [0.4, 0.5) is 10.1 Å². The molecule has 0 spiro atoms. The maximum Gasteiger partial charge on any atom is 0.254 e. The second-order valence-corrected chi connectivity index (χ2v) is 9.56. The Hall–Kier alpha value is -2.64. The Morgan fingerprint density at radius 1 is 1.31 bits per heavy atom. The molecule has 1 fully saturated rings. The van der Waals surface area contributed by atoms with Gasteiger partial charge in [0.25, 0.3) is 5.91 Å². The summed E-state index contributed by atoms with van der Waals surface area (Å²) in [6.07, 6.45) is 1.44. The maximum atomic E-state index is 14.1. The van der Waals surface area contributed by atoms with Gasteiger partial charge >= 0.3 is 0 Å². The molecule has 5 nitrogen and oxygen atoms in total. The van der Waals surface area contributed by atoms with Crippen LogP contribution in [0.25, 0.3) is 21.6 Å². The molecule has 1 aromatic carbocycles. The minimum atomic E-state index is -0.981. The van der Waals surface area contributed by atoms with Crippen LogP contribution in [-0.2, 0) is 0 Å². The van der Waals surface area contributed by atoms with Crippen molar-refractivity contribution in [3.63, 3.8) is 0 Å². The first-order valence-corrected chi connectivity index (χ1v) is 11.9. The second kappa shape index (κ2) is 8.71. The summed E-state index contributed by atoms with van der Waals surface area (Å²) >= 11 is 8.18. The van der Waals surface area contributed by atoms with E-state index in [9.17, 15) is 9.18 Å². The van der Waals surface area contributed by atoms with Crippen LogP contribution in [0.2, 0.25) is 5.02 Å². The number of benzene rings is 1. The van der Waals surface area contributed by atoms with Crippen LogP contribution < -0.4 is 10.1 Å². The van der Waals surface area contributed by atoms with E-state index in [1.165, 1.54) is 0 Å². The van der Waals surface area contributed by atoms with Gasteiger partial charge in [-0.1, -0.05) is 24.6 Å². The van der Waals surface area contributed by atoms with Crippen molar-refractivity contribution in [2.45, 2.75) is 19.5 Å². The second-order valence-electron chi connectivity index (χ2n) is 8.24. The summed E-state index contributed by atoms with van der Waals surface area (Å²) < 4.78 is 19.7. The minimum absolute atomic E-state index is 0.00851. The Morgan fingerprint density at radius 3 is 3.00 bits per heavy atom. The molecule has 2 aromatic heterocycles. The number of hydrogen-bond acceptors (Lipinski definition) is 5. The normalized spacial score (nSPS) is 20.3. The number of rotatable bonds is 3. The van der Waals surface area contributed by atoms with Crippen LogP contribution in [0.5, 0.6) is 5.88 Å². The number of amides is 1. The van der Waals surface area contributed by atoms with E-state index >= 15 is 0 Å². The lowest BCUT2D eigenvalue weighted by molar-refractivity contribution is 0.0541. The fourth-order valence-corrected chi connectivity index (χ4v) is 5.43. The molecule has 1 amide bonds. The van der Waals surface area contributed by atoms with Crippen molar-refractivity contribution in [2.75, 3.05) is 31.6 Å². The summed E-state index contributed by atoms with van der Waals surface area (Å²) in [5, 5.41) is 5.95. The van der Waals surface area contributed by atoms with E-state index in [1.807, 2.05) is 19.1 Å². The summed E-state index contributed by atoms with van der Waals surface area (Å²) in [6, 6.07) is 9.38. The van der Waals surface area contributed by atoms with Crippen LogP contribution in [0.15, 0.2) is 41.9 Å². The quantitative estimate of drug-likeness (QED) is 0.528. The van der Waals surface area contributed by atoms with E-state index in [-0.39, 0.29) is 18.4 Å². The molecule has 4 heterocycles. The largest absolute Gasteiger partial charge is 0.474 e. The van der Waals surface area contributed by atoms with Crippen LogP contribution in [0.3, 0.4) is 0 Å². The molecule has 0 saturated carbocycles. The van der Waals surface area contributed by atoms with E-state index in [2.05, 4.69) is 21.7 Å². The first kappa shape index (κ1) is 21.2. The minimum Gasteiger partial charge on any atom is -0.474 e. The van der Waals surface area contributed by atoms with Gasteiger partial charge in [0.1, 0.15) is 18.5 Å². The number of aromatic nitrogens is 1. The third-order valence-corrected chi connectivity index (χ3v) is 7.38. The van der Waals surface area contributed by atoms with Crippen molar-refractivity contribution in [3.8, 4) is 27.4 Å². The highest BCUT2D eigenvalue weighted by molar-refractivity contribution is 7.14. The summed E-state index contributed by atoms with van der Waals surface area (Å²) in [5.74, 6) is 0.435. The number of anilines is 1. The van der Waals surface area contributed by atoms with Gasteiger partial charge < -0.3 is 15.0 Å². The number of pyridine rings is 1. The average Bonchev–Trinajstić information content (AvgIpc) is 3.29. The smallest absolute Gasteiger partial charge is 0.254 e. The Bertz CT molecular complexity index is 1170. The Labute approximate surface area is 195 Å². The molecular weight excluding hydrogens is 449 g/mol. The number of alkyl halides is 1. The van der Waals surface area contributed by atoms with Gasteiger partial charge in [0.2, 0.25) is 5.88 Å². The first-order chi connectivity index (χ1) is 15.5. The molecule has 3 aromatic rings. The van der Waals surface area contributed by atoms with Crippen molar-refractivity contribution in [1.29, 1.82) is 0 Å². The van der Waals surface area contributed by atoms with Crippen LogP contribution in [0, 0.1) is 5.92 Å². The zero-order valence-electron chi connectivity index (χ0n) is 17.6. The molecule has 0 aliphatic carbocycles. The number of halogens is 2. The highest BCUT2D eigenvalue weighted by Gasteiger charge is 2.29. The number of hydrogen-bond donors (Lipinski definition) is 1. The maximum absolute atomic E-state index is 14.1. The summed E-state index contributed by atoms with van der Waals surface area (Å²) in [7, 11) is 0. The SMILES string of the molecule is C[C@@H]1CCN(C(=O)c2ccc(-c3cc(-c4ccnc5c4NCCO5)cs3)c(Cl)c2)C[C@H]1F.